The molecule has 4 nitrogen and oxygen atoms in total. The first-order valence-corrected chi connectivity index (χ1v) is 6.63. The van der Waals surface area contributed by atoms with Crippen LogP contribution in [0.15, 0.2) is 24.5 Å². The fourth-order valence-electron chi connectivity index (χ4n) is 1.76. The summed E-state index contributed by atoms with van der Waals surface area (Å²) in [5.74, 6) is 0.938. The summed E-state index contributed by atoms with van der Waals surface area (Å²) in [6.07, 6.45) is 8.51. The Labute approximate surface area is 98.4 Å². The Kier molecular flexibility index (Phi) is 2.28. The lowest BCUT2D eigenvalue weighted by Gasteiger charge is -2.13. The second-order valence-electron chi connectivity index (χ2n) is 4.19. The average Bonchev–Trinajstić information content (AvgIpc) is 2.96. The van der Waals surface area contributed by atoms with Gasteiger partial charge in [-0.25, -0.2) is 9.50 Å². The van der Waals surface area contributed by atoms with Gasteiger partial charge in [-0.3, -0.25) is 0 Å². The van der Waals surface area contributed by atoms with E-state index >= 15 is 0 Å². The molecular weight excluding hydrogens is 220 g/mol. The van der Waals surface area contributed by atoms with Crippen molar-refractivity contribution in [2.45, 2.75) is 17.6 Å². The van der Waals surface area contributed by atoms with Gasteiger partial charge in [0.1, 0.15) is 5.82 Å². The number of fused-ring (bicyclic) bond motifs is 1. The monoisotopic (exact) mass is 234 g/mol. The number of nitrogens with zero attached hydrogens (tertiary/aromatic N) is 3. The molecule has 84 valence electrons. The minimum Gasteiger partial charge on any atom is -0.369 e. The van der Waals surface area contributed by atoms with Crippen LogP contribution in [0.1, 0.15) is 12.8 Å². The number of aromatic nitrogens is 3. The average molecular weight is 234 g/mol. The maximum absolute atomic E-state index is 4.48. The number of hydrogen-bond donors (Lipinski definition) is 1. The van der Waals surface area contributed by atoms with Crippen molar-refractivity contribution in [2.24, 2.45) is 0 Å². The van der Waals surface area contributed by atoms with Crippen LogP contribution >= 0.6 is 11.8 Å². The van der Waals surface area contributed by atoms with Crippen LogP contribution in [0, 0.1) is 0 Å². The first kappa shape index (κ1) is 9.96. The molecule has 2 aromatic rings. The largest absolute Gasteiger partial charge is 0.369 e. The van der Waals surface area contributed by atoms with Gasteiger partial charge in [0, 0.05) is 23.6 Å². The standard InChI is InChI=1S/C11H14N4S/c1-16-11(4-5-11)8-12-9-3-7-15-10(14-9)2-6-13-15/h2-3,6-7H,4-5,8H2,1H3,(H,12,14). The Morgan fingerprint density at radius 3 is 3.12 bits per heavy atom. The summed E-state index contributed by atoms with van der Waals surface area (Å²) in [4.78, 5) is 4.48. The van der Waals surface area contributed by atoms with Crippen LogP contribution in [0.3, 0.4) is 0 Å². The topological polar surface area (TPSA) is 42.2 Å². The van der Waals surface area contributed by atoms with E-state index in [1.807, 2.05) is 30.1 Å². The molecule has 0 bridgehead atoms. The summed E-state index contributed by atoms with van der Waals surface area (Å²) < 4.78 is 2.24. The second-order valence-corrected chi connectivity index (χ2v) is 5.46. The van der Waals surface area contributed by atoms with Crippen molar-refractivity contribution in [2.75, 3.05) is 18.1 Å². The minimum atomic E-state index is 0.466. The van der Waals surface area contributed by atoms with Gasteiger partial charge >= 0.3 is 0 Å². The molecule has 0 amide bonds. The van der Waals surface area contributed by atoms with Crippen molar-refractivity contribution in [3.05, 3.63) is 24.5 Å². The summed E-state index contributed by atoms with van der Waals surface area (Å²) in [6.45, 7) is 1.01. The lowest BCUT2D eigenvalue weighted by molar-refractivity contribution is 0.917. The molecule has 0 aliphatic heterocycles. The highest BCUT2D eigenvalue weighted by atomic mass is 32.2. The predicted molar refractivity (Wildman–Crippen MR) is 67.0 cm³/mol. The van der Waals surface area contributed by atoms with Crippen molar-refractivity contribution in [3.63, 3.8) is 0 Å². The van der Waals surface area contributed by atoms with Crippen LogP contribution in [-0.4, -0.2) is 32.1 Å². The van der Waals surface area contributed by atoms with Crippen molar-refractivity contribution < 1.29 is 0 Å². The molecule has 0 unspecified atom stereocenters. The van der Waals surface area contributed by atoms with Gasteiger partial charge in [-0.05, 0) is 25.2 Å². The minimum absolute atomic E-state index is 0.466. The predicted octanol–water partition coefficient (Wildman–Crippen LogP) is 2.04. The summed E-state index contributed by atoms with van der Waals surface area (Å²) in [6, 6.07) is 3.88. The summed E-state index contributed by atoms with van der Waals surface area (Å²) in [7, 11) is 0. The van der Waals surface area contributed by atoms with Crippen molar-refractivity contribution in [1.29, 1.82) is 0 Å². The quantitative estimate of drug-likeness (QED) is 0.879. The Morgan fingerprint density at radius 1 is 1.50 bits per heavy atom. The number of anilines is 1. The molecule has 16 heavy (non-hydrogen) atoms. The molecule has 5 heteroatoms. The number of hydrogen-bond acceptors (Lipinski definition) is 4. The van der Waals surface area contributed by atoms with E-state index in [-0.39, 0.29) is 0 Å². The van der Waals surface area contributed by atoms with E-state index in [0.29, 0.717) is 4.75 Å². The van der Waals surface area contributed by atoms with Crippen LogP contribution in [0.5, 0.6) is 0 Å². The summed E-state index contributed by atoms with van der Waals surface area (Å²) >= 11 is 1.95. The lowest BCUT2D eigenvalue weighted by atomic mass is 10.4. The molecule has 1 fully saturated rings. The molecule has 2 aromatic heterocycles. The van der Waals surface area contributed by atoms with Gasteiger partial charge in [0.15, 0.2) is 5.65 Å². The number of nitrogens with one attached hydrogen (secondary N) is 1. The molecule has 0 radical (unpaired) electrons. The van der Waals surface area contributed by atoms with Gasteiger partial charge in [0.2, 0.25) is 0 Å². The van der Waals surface area contributed by atoms with E-state index in [1.54, 1.807) is 10.7 Å². The van der Waals surface area contributed by atoms with E-state index in [9.17, 15) is 0 Å². The molecular formula is C11H14N4S. The van der Waals surface area contributed by atoms with Crippen LogP contribution in [0.25, 0.3) is 5.65 Å². The maximum Gasteiger partial charge on any atom is 0.157 e. The van der Waals surface area contributed by atoms with Gasteiger partial charge in [-0.15, -0.1) is 0 Å². The molecule has 0 atom stereocenters. The second kappa shape index (κ2) is 3.66. The van der Waals surface area contributed by atoms with E-state index in [0.717, 1.165) is 18.0 Å². The smallest absolute Gasteiger partial charge is 0.157 e. The molecule has 1 aliphatic rings. The zero-order valence-electron chi connectivity index (χ0n) is 9.18. The molecule has 1 aliphatic carbocycles. The maximum atomic E-state index is 4.48. The van der Waals surface area contributed by atoms with Gasteiger partial charge < -0.3 is 5.32 Å². The zero-order chi connectivity index (χ0) is 11.0. The number of rotatable bonds is 4. The van der Waals surface area contributed by atoms with Crippen LogP contribution in [0.4, 0.5) is 5.82 Å². The third-order valence-corrected chi connectivity index (χ3v) is 4.51. The first-order valence-electron chi connectivity index (χ1n) is 5.41. The Hall–Kier alpha value is -1.23. The molecule has 1 N–H and O–H groups in total. The Balaban J connectivity index is 1.74. The van der Waals surface area contributed by atoms with Gasteiger partial charge in [-0.1, -0.05) is 0 Å². The lowest BCUT2D eigenvalue weighted by Crippen LogP contribution is -2.18. The third kappa shape index (κ3) is 1.75. The van der Waals surface area contributed by atoms with E-state index < -0.39 is 0 Å². The SMILES string of the molecule is CSC1(CNc2ccn3nccc3n2)CC1. The van der Waals surface area contributed by atoms with E-state index in [4.69, 9.17) is 0 Å². The Morgan fingerprint density at radius 2 is 2.38 bits per heavy atom. The summed E-state index contributed by atoms with van der Waals surface area (Å²) in [5, 5.41) is 7.53. The van der Waals surface area contributed by atoms with E-state index in [2.05, 4.69) is 21.7 Å². The highest BCUT2D eigenvalue weighted by molar-refractivity contribution is 8.00. The van der Waals surface area contributed by atoms with E-state index in [1.165, 1.54) is 12.8 Å². The molecule has 3 rings (SSSR count). The van der Waals surface area contributed by atoms with Crippen molar-refractivity contribution >= 4 is 23.2 Å². The van der Waals surface area contributed by atoms with Gasteiger partial charge in [0.25, 0.3) is 0 Å². The van der Waals surface area contributed by atoms with Gasteiger partial charge in [-0.2, -0.15) is 16.9 Å². The molecule has 0 saturated heterocycles. The number of thioether (sulfide) groups is 1. The molecule has 0 aromatic carbocycles. The third-order valence-electron chi connectivity index (χ3n) is 3.09. The Bertz CT molecular complexity index is 503. The zero-order valence-corrected chi connectivity index (χ0v) is 10.00. The van der Waals surface area contributed by atoms with Crippen LogP contribution in [-0.2, 0) is 0 Å². The fourth-order valence-corrected chi connectivity index (χ4v) is 2.48. The van der Waals surface area contributed by atoms with Crippen molar-refractivity contribution in [1.82, 2.24) is 14.6 Å². The van der Waals surface area contributed by atoms with Gasteiger partial charge in [0.05, 0.1) is 6.20 Å². The first-order chi connectivity index (χ1) is 7.81. The fraction of sp³-hybridized carbons (Fsp3) is 0.455. The van der Waals surface area contributed by atoms with Crippen LogP contribution in [0.2, 0.25) is 0 Å². The normalized spacial score (nSPS) is 17.6. The molecule has 0 spiro atoms. The summed E-state index contributed by atoms with van der Waals surface area (Å²) in [5.41, 5.74) is 0.888. The molecule has 2 heterocycles. The van der Waals surface area contributed by atoms with Crippen LogP contribution < -0.4 is 5.32 Å². The highest BCUT2D eigenvalue weighted by Crippen LogP contribution is 2.46. The van der Waals surface area contributed by atoms with Crippen molar-refractivity contribution in [3.8, 4) is 0 Å². The highest BCUT2D eigenvalue weighted by Gasteiger charge is 2.41. The molecule has 1 saturated carbocycles.